The van der Waals surface area contributed by atoms with Gasteiger partial charge in [0, 0.05) is 38.1 Å². The number of hydrogen-bond acceptors (Lipinski definition) is 6. The second-order valence-corrected chi connectivity index (χ2v) is 6.82. The van der Waals surface area contributed by atoms with E-state index in [1.54, 1.807) is 19.5 Å². The minimum absolute atomic E-state index is 0.361. The van der Waals surface area contributed by atoms with Gasteiger partial charge in [-0.2, -0.15) is 0 Å². The van der Waals surface area contributed by atoms with Crippen molar-refractivity contribution >= 4 is 17.6 Å². The van der Waals surface area contributed by atoms with Crippen LogP contribution in [-0.2, 0) is 5.60 Å². The average molecular weight is 387 g/mol. The molecule has 1 aromatic carbocycles. The quantitative estimate of drug-likeness (QED) is 0.788. The van der Waals surface area contributed by atoms with E-state index in [1.165, 1.54) is 12.3 Å². The lowest BCUT2D eigenvalue weighted by Crippen LogP contribution is -2.43. The third-order valence-electron chi connectivity index (χ3n) is 5.02. The molecule has 0 spiro atoms. The first-order valence-electron chi connectivity index (χ1n) is 8.99. The number of allylic oxidation sites excluding steroid dienone is 1. The van der Waals surface area contributed by atoms with Gasteiger partial charge in [0.15, 0.2) is 17.5 Å². The third kappa shape index (κ3) is 3.87. The van der Waals surface area contributed by atoms with Crippen LogP contribution in [-0.4, -0.2) is 41.4 Å². The average Bonchev–Trinajstić information content (AvgIpc) is 2.69. The van der Waals surface area contributed by atoms with Gasteiger partial charge in [-0.3, -0.25) is 9.98 Å². The van der Waals surface area contributed by atoms with Crippen LogP contribution in [0.5, 0.6) is 0 Å². The Balaban J connectivity index is 1.82. The highest BCUT2D eigenvalue weighted by Gasteiger charge is 2.35. The molecule has 3 N–H and O–H groups in total. The second-order valence-electron chi connectivity index (χ2n) is 6.82. The smallest absolute Gasteiger partial charge is 0.159 e. The van der Waals surface area contributed by atoms with E-state index in [9.17, 15) is 13.9 Å². The molecule has 0 bridgehead atoms. The molecule has 0 saturated carbocycles. The molecule has 2 heterocycles. The van der Waals surface area contributed by atoms with E-state index in [0.717, 1.165) is 17.8 Å². The van der Waals surface area contributed by atoms with Crippen LogP contribution in [0, 0.1) is 18.6 Å². The summed E-state index contributed by atoms with van der Waals surface area (Å²) in [5.41, 5.74) is 6.85. The van der Waals surface area contributed by atoms with Crippen LogP contribution in [0.1, 0.15) is 29.8 Å². The molecule has 0 amide bonds. The number of aryl methyl sites for hydroxylation is 1. The fraction of sp³-hybridized carbons (Fsp3) is 0.350. The van der Waals surface area contributed by atoms with Gasteiger partial charge in [-0.1, -0.05) is 6.07 Å². The van der Waals surface area contributed by atoms with Gasteiger partial charge in [0.05, 0.1) is 23.2 Å². The van der Waals surface area contributed by atoms with Crippen molar-refractivity contribution in [3.05, 3.63) is 59.2 Å². The maximum Gasteiger partial charge on any atom is 0.159 e. The molecule has 0 unspecified atom stereocenters. The summed E-state index contributed by atoms with van der Waals surface area (Å²) < 4.78 is 26.8. The Kier molecular flexibility index (Phi) is 5.69. The largest absolute Gasteiger partial charge is 0.404 e. The lowest BCUT2D eigenvalue weighted by molar-refractivity contribution is 0.0112. The first-order chi connectivity index (χ1) is 13.4. The SMILES string of the molecule is CN=C/C(=C\N)c1cnc(C)c(N2CCC(O)(c3ccc(F)c(F)c3)CC2)n1. The summed E-state index contributed by atoms with van der Waals surface area (Å²) in [6.07, 6.45) is 5.40. The number of piperidine rings is 1. The van der Waals surface area contributed by atoms with Gasteiger partial charge >= 0.3 is 0 Å². The van der Waals surface area contributed by atoms with Gasteiger partial charge in [-0.25, -0.2) is 13.8 Å². The molecule has 2 aromatic rings. The Morgan fingerprint density at radius 3 is 2.61 bits per heavy atom. The minimum atomic E-state index is -1.21. The summed E-state index contributed by atoms with van der Waals surface area (Å²) in [6, 6.07) is 3.55. The molecule has 8 heteroatoms. The summed E-state index contributed by atoms with van der Waals surface area (Å²) in [7, 11) is 1.65. The Morgan fingerprint density at radius 2 is 2.00 bits per heavy atom. The van der Waals surface area contributed by atoms with Gasteiger partial charge in [0.2, 0.25) is 0 Å². The number of benzene rings is 1. The van der Waals surface area contributed by atoms with Gasteiger partial charge in [0.25, 0.3) is 0 Å². The molecule has 6 nitrogen and oxygen atoms in total. The summed E-state index contributed by atoms with van der Waals surface area (Å²) in [6.45, 7) is 2.86. The highest BCUT2D eigenvalue weighted by atomic mass is 19.2. The highest BCUT2D eigenvalue weighted by Crippen LogP contribution is 2.35. The van der Waals surface area contributed by atoms with Gasteiger partial charge in [0.1, 0.15) is 0 Å². The van der Waals surface area contributed by atoms with Gasteiger partial charge in [-0.15, -0.1) is 0 Å². The molecule has 148 valence electrons. The molecule has 0 atom stereocenters. The normalized spacial score (nSPS) is 17.3. The predicted octanol–water partition coefficient (Wildman–Crippen LogP) is 2.55. The van der Waals surface area contributed by atoms with E-state index >= 15 is 0 Å². The second kappa shape index (κ2) is 8.02. The standard InChI is InChI=1S/C20H23F2N5O/c1-13-19(26-18(12-25-13)14(10-23)11-24-2)27-7-5-20(28,6-8-27)15-3-4-16(21)17(22)9-15/h3-4,9-12,28H,5-8,23H2,1-2H3/b14-10+,24-11?. The van der Waals surface area contributed by atoms with Crippen LogP contribution in [0.4, 0.5) is 14.6 Å². The highest BCUT2D eigenvalue weighted by molar-refractivity contribution is 6.08. The molecule has 1 fully saturated rings. The molecule has 1 aromatic heterocycles. The van der Waals surface area contributed by atoms with Crippen molar-refractivity contribution in [2.45, 2.75) is 25.4 Å². The Morgan fingerprint density at radius 1 is 1.29 bits per heavy atom. The topological polar surface area (TPSA) is 87.6 Å². The van der Waals surface area contributed by atoms with Crippen molar-refractivity contribution in [1.82, 2.24) is 9.97 Å². The molecule has 0 radical (unpaired) electrons. The summed E-state index contributed by atoms with van der Waals surface area (Å²) in [4.78, 5) is 15.1. The number of halogens is 2. The van der Waals surface area contributed by atoms with E-state index in [0.29, 0.717) is 48.6 Å². The summed E-state index contributed by atoms with van der Waals surface area (Å²) >= 11 is 0. The minimum Gasteiger partial charge on any atom is -0.404 e. The van der Waals surface area contributed by atoms with Crippen LogP contribution in [0.15, 0.2) is 35.6 Å². The number of aliphatic imine (C=N–C) groups is 1. The molecule has 1 aliphatic rings. The molecule has 3 rings (SSSR count). The predicted molar refractivity (Wildman–Crippen MR) is 105 cm³/mol. The molecule has 28 heavy (non-hydrogen) atoms. The first-order valence-corrected chi connectivity index (χ1v) is 8.99. The fourth-order valence-electron chi connectivity index (χ4n) is 3.37. The summed E-state index contributed by atoms with van der Waals surface area (Å²) in [5, 5.41) is 10.9. The van der Waals surface area contributed by atoms with Crippen LogP contribution in [0.25, 0.3) is 5.57 Å². The van der Waals surface area contributed by atoms with Crippen LogP contribution in [0.3, 0.4) is 0 Å². The van der Waals surface area contributed by atoms with Crippen molar-refractivity contribution < 1.29 is 13.9 Å². The molecule has 0 aliphatic carbocycles. The van der Waals surface area contributed by atoms with Crippen molar-refractivity contribution in [2.75, 3.05) is 25.0 Å². The van der Waals surface area contributed by atoms with E-state index in [-0.39, 0.29) is 0 Å². The van der Waals surface area contributed by atoms with Crippen molar-refractivity contribution in [3.8, 4) is 0 Å². The molecule has 1 aliphatic heterocycles. The zero-order chi connectivity index (χ0) is 20.3. The number of nitrogens with two attached hydrogens (primary N) is 1. The zero-order valence-electron chi connectivity index (χ0n) is 15.9. The number of anilines is 1. The molecule has 1 saturated heterocycles. The Hall–Kier alpha value is -2.87. The maximum atomic E-state index is 13.6. The maximum absolute atomic E-state index is 13.6. The zero-order valence-corrected chi connectivity index (χ0v) is 15.9. The first kappa shape index (κ1) is 19.9. The number of hydrogen-bond donors (Lipinski definition) is 2. The number of aliphatic hydroxyl groups is 1. The van der Waals surface area contributed by atoms with E-state index in [1.807, 2.05) is 11.8 Å². The molecular weight excluding hydrogens is 364 g/mol. The van der Waals surface area contributed by atoms with Gasteiger partial charge in [-0.05, 0) is 37.5 Å². The van der Waals surface area contributed by atoms with Crippen LogP contribution < -0.4 is 10.6 Å². The van der Waals surface area contributed by atoms with Crippen molar-refractivity contribution in [1.29, 1.82) is 0 Å². The van der Waals surface area contributed by atoms with E-state index < -0.39 is 17.2 Å². The summed E-state index contributed by atoms with van der Waals surface area (Å²) in [5.74, 6) is -1.18. The van der Waals surface area contributed by atoms with E-state index in [4.69, 9.17) is 5.73 Å². The monoisotopic (exact) mass is 387 g/mol. The van der Waals surface area contributed by atoms with Crippen molar-refractivity contribution in [3.63, 3.8) is 0 Å². The Bertz CT molecular complexity index is 921. The number of nitrogens with zero attached hydrogens (tertiary/aromatic N) is 4. The van der Waals surface area contributed by atoms with Crippen LogP contribution >= 0.6 is 0 Å². The van der Waals surface area contributed by atoms with E-state index in [2.05, 4.69) is 15.0 Å². The number of rotatable bonds is 4. The van der Waals surface area contributed by atoms with Crippen LogP contribution in [0.2, 0.25) is 0 Å². The van der Waals surface area contributed by atoms with Crippen molar-refractivity contribution in [2.24, 2.45) is 10.7 Å². The molecular formula is C20H23F2N5O. The van der Waals surface area contributed by atoms with Gasteiger partial charge < -0.3 is 15.7 Å². The lowest BCUT2D eigenvalue weighted by atomic mass is 9.84. The number of aromatic nitrogens is 2. The lowest BCUT2D eigenvalue weighted by Gasteiger charge is -2.39. The third-order valence-corrected chi connectivity index (χ3v) is 5.02. The fourth-order valence-corrected chi connectivity index (χ4v) is 3.37. The Labute approximate surface area is 162 Å².